The lowest BCUT2D eigenvalue weighted by atomic mass is 10.1. The van der Waals surface area contributed by atoms with Crippen LogP contribution in [0.3, 0.4) is 0 Å². The number of hydrogen-bond acceptors (Lipinski definition) is 3. The van der Waals surface area contributed by atoms with Crippen molar-refractivity contribution in [1.29, 1.82) is 0 Å². The molecule has 0 spiro atoms. The maximum absolute atomic E-state index is 10.7. The Hall–Kier alpha value is -1.71. The Morgan fingerprint density at radius 1 is 1.69 bits per heavy atom. The largest absolute Gasteiger partial charge is 0.297 e. The lowest BCUT2D eigenvalue weighted by Gasteiger charge is -2.02. The van der Waals surface area contributed by atoms with Gasteiger partial charge >= 0.3 is 0 Å². The van der Waals surface area contributed by atoms with Crippen LogP contribution in [0.25, 0.3) is 5.57 Å². The quantitative estimate of drug-likeness (QED) is 0.515. The van der Waals surface area contributed by atoms with Gasteiger partial charge in [0.1, 0.15) is 5.69 Å². The fraction of sp³-hybridized carbons (Fsp3) is 0.222. The number of nitro groups is 1. The van der Waals surface area contributed by atoms with Crippen molar-refractivity contribution >= 4 is 11.3 Å². The lowest BCUT2D eigenvalue weighted by molar-refractivity contribution is -0.386. The van der Waals surface area contributed by atoms with Gasteiger partial charge in [-0.25, -0.2) is 4.98 Å². The van der Waals surface area contributed by atoms with Gasteiger partial charge in [0.15, 0.2) is 0 Å². The van der Waals surface area contributed by atoms with Crippen LogP contribution in [0.1, 0.15) is 18.2 Å². The van der Waals surface area contributed by atoms with Crippen LogP contribution in [0.4, 0.5) is 5.69 Å². The molecule has 0 unspecified atom stereocenters. The first-order valence-corrected chi connectivity index (χ1v) is 3.80. The summed E-state index contributed by atoms with van der Waals surface area (Å²) < 4.78 is 0. The Kier molecular flexibility index (Phi) is 2.41. The average molecular weight is 178 g/mol. The summed E-state index contributed by atoms with van der Waals surface area (Å²) in [6.45, 7) is 7.03. The highest BCUT2D eigenvalue weighted by molar-refractivity contribution is 5.68. The number of hydrogen-bond donors (Lipinski definition) is 0. The highest BCUT2D eigenvalue weighted by Gasteiger charge is 2.17. The Labute approximate surface area is 76.1 Å². The van der Waals surface area contributed by atoms with Gasteiger partial charge in [0.05, 0.1) is 4.92 Å². The predicted octanol–water partition coefficient (Wildman–Crippen LogP) is 2.33. The highest BCUT2D eigenvalue weighted by Crippen LogP contribution is 2.25. The number of aryl methyl sites for hydroxylation is 1. The molecule has 1 rings (SSSR count). The monoisotopic (exact) mass is 178 g/mol. The van der Waals surface area contributed by atoms with Crippen molar-refractivity contribution in [3.63, 3.8) is 0 Å². The zero-order chi connectivity index (χ0) is 10.0. The Morgan fingerprint density at radius 3 is 2.69 bits per heavy atom. The van der Waals surface area contributed by atoms with Crippen LogP contribution in [0.15, 0.2) is 18.8 Å². The van der Waals surface area contributed by atoms with E-state index in [1.54, 1.807) is 26.1 Å². The molecule has 0 radical (unpaired) electrons. The van der Waals surface area contributed by atoms with E-state index in [4.69, 9.17) is 0 Å². The van der Waals surface area contributed by atoms with Crippen molar-refractivity contribution < 1.29 is 4.92 Å². The molecule has 4 heteroatoms. The molecule has 1 aromatic heterocycles. The predicted molar refractivity (Wildman–Crippen MR) is 50.3 cm³/mol. The Bertz CT molecular complexity index is 372. The van der Waals surface area contributed by atoms with Gasteiger partial charge in [-0.15, -0.1) is 0 Å². The van der Waals surface area contributed by atoms with E-state index in [1.165, 1.54) is 0 Å². The van der Waals surface area contributed by atoms with Crippen LogP contribution in [0, 0.1) is 17.0 Å². The summed E-state index contributed by atoms with van der Waals surface area (Å²) in [5, 5.41) is 10.7. The number of pyridine rings is 1. The van der Waals surface area contributed by atoms with E-state index in [0.717, 1.165) is 0 Å². The Balaban J connectivity index is 3.43. The molecule has 0 aliphatic carbocycles. The van der Waals surface area contributed by atoms with Crippen LogP contribution in [-0.2, 0) is 0 Å². The van der Waals surface area contributed by atoms with Crippen molar-refractivity contribution in [2.75, 3.05) is 0 Å². The van der Waals surface area contributed by atoms with Crippen molar-refractivity contribution in [2.45, 2.75) is 13.8 Å². The summed E-state index contributed by atoms with van der Waals surface area (Å²) in [4.78, 5) is 14.2. The fourth-order valence-corrected chi connectivity index (χ4v) is 1.09. The number of nitrogens with zero attached hydrogens (tertiary/aromatic N) is 2. The standard InChI is InChI=1S/C9H10N2O2/c1-6(2)8-9(11(12)13)7(3)4-5-10-8/h4-5H,1H2,2-3H3. The third kappa shape index (κ3) is 1.72. The molecule has 0 aliphatic heterocycles. The van der Waals surface area contributed by atoms with Gasteiger partial charge < -0.3 is 0 Å². The summed E-state index contributed by atoms with van der Waals surface area (Å²) in [6.07, 6.45) is 1.55. The van der Waals surface area contributed by atoms with E-state index in [-0.39, 0.29) is 5.69 Å². The van der Waals surface area contributed by atoms with Gasteiger partial charge in [0.25, 0.3) is 5.69 Å². The molecule has 0 amide bonds. The molecule has 0 bridgehead atoms. The second-order valence-corrected chi connectivity index (χ2v) is 2.86. The molecule has 0 saturated heterocycles. The van der Waals surface area contributed by atoms with Crippen molar-refractivity contribution in [3.8, 4) is 0 Å². The second kappa shape index (κ2) is 3.35. The minimum absolute atomic E-state index is 0.0509. The highest BCUT2D eigenvalue weighted by atomic mass is 16.6. The third-order valence-electron chi connectivity index (χ3n) is 1.71. The molecule has 68 valence electrons. The SMILES string of the molecule is C=C(C)c1nccc(C)c1[N+](=O)[O-]. The van der Waals surface area contributed by atoms with E-state index in [2.05, 4.69) is 11.6 Å². The van der Waals surface area contributed by atoms with Crippen molar-refractivity contribution in [1.82, 2.24) is 4.98 Å². The third-order valence-corrected chi connectivity index (χ3v) is 1.71. The molecular weight excluding hydrogens is 168 g/mol. The Morgan fingerprint density at radius 2 is 2.31 bits per heavy atom. The summed E-state index contributed by atoms with van der Waals surface area (Å²) in [6, 6.07) is 1.62. The number of rotatable bonds is 2. The van der Waals surface area contributed by atoms with E-state index in [9.17, 15) is 10.1 Å². The zero-order valence-corrected chi connectivity index (χ0v) is 7.57. The first kappa shape index (κ1) is 9.38. The molecule has 0 saturated carbocycles. The summed E-state index contributed by atoms with van der Waals surface area (Å²) in [5.74, 6) is 0. The molecule has 1 heterocycles. The van der Waals surface area contributed by atoms with Crippen LogP contribution in [0.5, 0.6) is 0 Å². The van der Waals surface area contributed by atoms with Crippen LogP contribution >= 0.6 is 0 Å². The van der Waals surface area contributed by atoms with Gasteiger partial charge in [-0.1, -0.05) is 6.58 Å². The van der Waals surface area contributed by atoms with Gasteiger partial charge in [0, 0.05) is 11.8 Å². The minimum Gasteiger partial charge on any atom is -0.258 e. The normalized spacial score (nSPS) is 9.69. The topological polar surface area (TPSA) is 56.0 Å². The van der Waals surface area contributed by atoms with Gasteiger partial charge in [0.2, 0.25) is 0 Å². The molecular formula is C9H10N2O2. The van der Waals surface area contributed by atoms with Crippen LogP contribution < -0.4 is 0 Å². The molecule has 0 N–H and O–H groups in total. The van der Waals surface area contributed by atoms with E-state index < -0.39 is 4.92 Å². The molecule has 0 fully saturated rings. The lowest BCUT2D eigenvalue weighted by Crippen LogP contribution is -1.98. The molecule has 4 nitrogen and oxygen atoms in total. The number of allylic oxidation sites excluding steroid dienone is 1. The van der Waals surface area contributed by atoms with Crippen molar-refractivity contribution in [3.05, 3.63) is 40.2 Å². The maximum Gasteiger partial charge on any atom is 0.297 e. The average Bonchev–Trinajstić information content (AvgIpc) is 2.02. The molecule has 0 aliphatic rings. The smallest absolute Gasteiger partial charge is 0.258 e. The molecule has 0 aromatic carbocycles. The van der Waals surface area contributed by atoms with E-state index in [0.29, 0.717) is 16.8 Å². The van der Waals surface area contributed by atoms with Gasteiger partial charge in [-0.2, -0.15) is 0 Å². The van der Waals surface area contributed by atoms with Crippen LogP contribution in [-0.4, -0.2) is 9.91 Å². The van der Waals surface area contributed by atoms with E-state index in [1.807, 2.05) is 0 Å². The van der Waals surface area contributed by atoms with Crippen LogP contribution in [0.2, 0.25) is 0 Å². The number of aromatic nitrogens is 1. The molecule has 0 atom stereocenters. The summed E-state index contributed by atoms with van der Waals surface area (Å²) in [5.41, 5.74) is 1.63. The fourth-order valence-electron chi connectivity index (χ4n) is 1.09. The van der Waals surface area contributed by atoms with Gasteiger partial charge in [-0.05, 0) is 25.5 Å². The first-order chi connectivity index (χ1) is 6.04. The second-order valence-electron chi connectivity index (χ2n) is 2.86. The maximum atomic E-state index is 10.7. The summed E-state index contributed by atoms with van der Waals surface area (Å²) >= 11 is 0. The van der Waals surface area contributed by atoms with E-state index >= 15 is 0 Å². The zero-order valence-electron chi connectivity index (χ0n) is 7.57. The first-order valence-electron chi connectivity index (χ1n) is 3.80. The van der Waals surface area contributed by atoms with Gasteiger partial charge in [-0.3, -0.25) is 10.1 Å². The summed E-state index contributed by atoms with van der Waals surface area (Å²) in [7, 11) is 0. The minimum atomic E-state index is -0.424. The molecule has 13 heavy (non-hydrogen) atoms. The molecule has 1 aromatic rings. The van der Waals surface area contributed by atoms with Crippen molar-refractivity contribution in [2.24, 2.45) is 0 Å².